The van der Waals surface area contributed by atoms with Gasteiger partial charge in [-0.1, -0.05) is 18.0 Å². The van der Waals surface area contributed by atoms with Gasteiger partial charge in [-0.3, -0.25) is 4.79 Å². The quantitative estimate of drug-likeness (QED) is 0.912. The molecule has 2 fully saturated rings. The van der Waals surface area contributed by atoms with Crippen LogP contribution in [0, 0.1) is 6.92 Å². The maximum Gasteiger partial charge on any atom is 0.240 e. The highest BCUT2D eigenvalue weighted by Crippen LogP contribution is 2.42. The number of rotatable bonds is 5. The molecular formula is C16H21N5O2. The van der Waals surface area contributed by atoms with Crippen molar-refractivity contribution in [3.63, 3.8) is 0 Å². The molecule has 0 radical (unpaired) electrons. The lowest BCUT2D eigenvalue weighted by Gasteiger charge is -2.27. The molecule has 7 heteroatoms. The van der Waals surface area contributed by atoms with Gasteiger partial charge in [-0.25, -0.2) is 4.98 Å². The first-order chi connectivity index (χ1) is 11.2. The maximum absolute atomic E-state index is 12.5. The fourth-order valence-corrected chi connectivity index (χ4v) is 3.34. The summed E-state index contributed by atoms with van der Waals surface area (Å²) in [5.74, 6) is 2.60. The molecule has 2 heterocycles. The molecule has 0 aromatic carbocycles. The summed E-state index contributed by atoms with van der Waals surface area (Å²) < 4.78 is 7.24. The predicted molar refractivity (Wildman–Crippen MR) is 81.5 cm³/mol. The number of carbonyl (C=O) groups is 1. The summed E-state index contributed by atoms with van der Waals surface area (Å²) in [6.07, 6.45) is 9.64. The minimum Gasteiger partial charge on any atom is -0.342 e. The predicted octanol–water partition coefficient (Wildman–Crippen LogP) is 2.04. The summed E-state index contributed by atoms with van der Waals surface area (Å²) in [6, 6.07) is 0. The van der Waals surface area contributed by atoms with Gasteiger partial charge >= 0.3 is 0 Å². The molecule has 2 saturated carbocycles. The number of hydrogen-bond donors (Lipinski definition) is 1. The van der Waals surface area contributed by atoms with E-state index in [4.69, 9.17) is 4.52 Å². The van der Waals surface area contributed by atoms with Crippen LogP contribution in [0.4, 0.5) is 0 Å². The molecule has 4 rings (SSSR count). The van der Waals surface area contributed by atoms with Crippen LogP contribution in [0.15, 0.2) is 16.9 Å². The molecule has 0 atom stereocenters. The fourth-order valence-electron chi connectivity index (χ4n) is 3.34. The van der Waals surface area contributed by atoms with E-state index in [1.54, 1.807) is 6.20 Å². The van der Waals surface area contributed by atoms with Gasteiger partial charge in [-0.15, -0.1) is 0 Å². The molecule has 122 valence electrons. The minimum atomic E-state index is -0.470. The van der Waals surface area contributed by atoms with E-state index >= 15 is 0 Å². The molecule has 0 aliphatic heterocycles. The van der Waals surface area contributed by atoms with E-state index in [0.717, 1.165) is 50.2 Å². The second-order valence-electron chi connectivity index (χ2n) is 6.67. The Morgan fingerprint density at radius 3 is 2.87 bits per heavy atom. The van der Waals surface area contributed by atoms with E-state index in [2.05, 4.69) is 20.4 Å². The average molecular weight is 315 g/mol. The Balaban J connectivity index is 1.52. The van der Waals surface area contributed by atoms with Crippen molar-refractivity contribution in [2.45, 2.75) is 63.5 Å². The van der Waals surface area contributed by atoms with Crippen molar-refractivity contribution in [3.05, 3.63) is 29.9 Å². The molecule has 2 aliphatic carbocycles. The molecule has 2 aliphatic rings. The highest BCUT2D eigenvalue weighted by Gasteiger charge is 2.42. The van der Waals surface area contributed by atoms with Crippen molar-refractivity contribution >= 4 is 5.91 Å². The Kier molecular flexibility index (Phi) is 3.43. The summed E-state index contributed by atoms with van der Waals surface area (Å²) in [5, 5.41) is 7.35. The van der Waals surface area contributed by atoms with Gasteiger partial charge in [0.1, 0.15) is 17.9 Å². The zero-order valence-corrected chi connectivity index (χ0v) is 13.3. The first kappa shape index (κ1) is 14.4. The summed E-state index contributed by atoms with van der Waals surface area (Å²) in [4.78, 5) is 21.2. The van der Waals surface area contributed by atoms with Crippen LogP contribution in [-0.4, -0.2) is 25.6 Å². The lowest BCUT2D eigenvalue weighted by atomic mass is 9.96. The zero-order valence-electron chi connectivity index (χ0n) is 13.3. The summed E-state index contributed by atoms with van der Waals surface area (Å²) in [6.45, 7) is 2.15. The number of carbonyl (C=O) groups excluding carboxylic acids is 1. The molecular weight excluding hydrogens is 294 g/mol. The molecule has 0 spiro atoms. The van der Waals surface area contributed by atoms with Crippen LogP contribution in [0.1, 0.15) is 62.0 Å². The fraction of sp³-hybridized carbons (Fsp3) is 0.625. The van der Waals surface area contributed by atoms with Gasteiger partial charge in [0.2, 0.25) is 11.8 Å². The topological polar surface area (TPSA) is 85.8 Å². The van der Waals surface area contributed by atoms with Crippen molar-refractivity contribution in [2.75, 3.05) is 0 Å². The number of aryl methyl sites for hydroxylation is 1. The molecule has 1 amide bonds. The number of nitrogens with one attached hydrogen (secondary N) is 1. The van der Waals surface area contributed by atoms with Crippen LogP contribution >= 0.6 is 0 Å². The standard InChI is InChI=1S/C16H21N5O2/c1-11-17-8-9-21(11)10-13(22)19-16(6-2-3-7-16)15-18-14(23-20-15)12-4-5-12/h8-9,12H,2-7,10H2,1H3,(H,19,22). The van der Waals surface area contributed by atoms with Crippen molar-refractivity contribution in [2.24, 2.45) is 0 Å². The van der Waals surface area contributed by atoms with E-state index in [0.29, 0.717) is 11.7 Å². The number of aromatic nitrogens is 4. The Labute approximate surface area is 134 Å². The zero-order chi connectivity index (χ0) is 15.9. The van der Waals surface area contributed by atoms with E-state index in [9.17, 15) is 4.79 Å². The number of amides is 1. The Morgan fingerprint density at radius 2 is 2.22 bits per heavy atom. The second-order valence-corrected chi connectivity index (χ2v) is 6.67. The molecule has 2 aromatic rings. The normalized spacial score (nSPS) is 19.9. The maximum atomic E-state index is 12.5. The van der Waals surface area contributed by atoms with Crippen molar-refractivity contribution < 1.29 is 9.32 Å². The minimum absolute atomic E-state index is 0.0363. The number of imidazole rings is 1. The second kappa shape index (κ2) is 5.47. The smallest absolute Gasteiger partial charge is 0.240 e. The van der Waals surface area contributed by atoms with E-state index < -0.39 is 5.54 Å². The van der Waals surface area contributed by atoms with Crippen LogP contribution < -0.4 is 5.32 Å². The molecule has 1 N–H and O–H groups in total. The molecule has 2 aromatic heterocycles. The average Bonchev–Trinajstić information content (AvgIpc) is 2.92. The Morgan fingerprint density at radius 1 is 1.43 bits per heavy atom. The van der Waals surface area contributed by atoms with Crippen molar-refractivity contribution in [3.8, 4) is 0 Å². The molecule has 23 heavy (non-hydrogen) atoms. The van der Waals surface area contributed by atoms with Gasteiger partial charge in [-0.05, 0) is 32.6 Å². The lowest BCUT2D eigenvalue weighted by Crippen LogP contribution is -2.46. The van der Waals surface area contributed by atoms with Crippen LogP contribution in [0.2, 0.25) is 0 Å². The molecule has 7 nitrogen and oxygen atoms in total. The molecule has 0 unspecified atom stereocenters. The monoisotopic (exact) mass is 315 g/mol. The van der Waals surface area contributed by atoms with Gasteiger partial charge in [0.05, 0.1) is 0 Å². The number of hydrogen-bond acceptors (Lipinski definition) is 5. The molecule has 0 bridgehead atoms. The number of nitrogens with zero attached hydrogens (tertiary/aromatic N) is 4. The van der Waals surface area contributed by atoms with Gasteiger partial charge in [0.15, 0.2) is 5.82 Å². The van der Waals surface area contributed by atoms with E-state index in [-0.39, 0.29) is 12.5 Å². The van der Waals surface area contributed by atoms with Crippen molar-refractivity contribution in [1.82, 2.24) is 25.0 Å². The highest BCUT2D eigenvalue weighted by molar-refractivity contribution is 5.76. The van der Waals surface area contributed by atoms with Crippen molar-refractivity contribution in [1.29, 1.82) is 0 Å². The van der Waals surface area contributed by atoms with Crippen LogP contribution in [0.5, 0.6) is 0 Å². The first-order valence-corrected chi connectivity index (χ1v) is 8.29. The lowest BCUT2D eigenvalue weighted by molar-refractivity contribution is -0.123. The van der Waals surface area contributed by atoms with E-state index in [1.165, 1.54) is 0 Å². The third-order valence-corrected chi connectivity index (χ3v) is 4.87. The third-order valence-electron chi connectivity index (χ3n) is 4.87. The van der Waals surface area contributed by atoms with Crippen LogP contribution in [0.3, 0.4) is 0 Å². The first-order valence-electron chi connectivity index (χ1n) is 8.29. The molecule has 0 saturated heterocycles. The van der Waals surface area contributed by atoms with Gasteiger partial charge in [-0.2, -0.15) is 4.98 Å². The summed E-state index contributed by atoms with van der Waals surface area (Å²) >= 11 is 0. The van der Waals surface area contributed by atoms with Gasteiger partial charge in [0, 0.05) is 18.3 Å². The highest BCUT2D eigenvalue weighted by atomic mass is 16.5. The third kappa shape index (κ3) is 2.75. The SMILES string of the molecule is Cc1nccn1CC(=O)NC1(c2noc(C3CC3)n2)CCCC1. The van der Waals surface area contributed by atoms with Gasteiger partial charge < -0.3 is 14.4 Å². The largest absolute Gasteiger partial charge is 0.342 e. The van der Waals surface area contributed by atoms with E-state index in [1.807, 2.05) is 17.7 Å². The van der Waals surface area contributed by atoms with Crippen LogP contribution in [-0.2, 0) is 16.9 Å². The van der Waals surface area contributed by atoms with Gasteiger partial charge in [0.25, 0.3) is 0 Å². The summed E-state index contributed by atoms with van der Waals surface area (Å²) in [7, 11) is 0. The Bertz CT molecular complexity index is 710. The van der Waals surface area contributed by atoms with Crippen LogP contribution in [0.25, 0.3) is 0 Å². The summed E-state index contributed by atoms with van der Waals surface area (Å²) in [5.41, 5.74) is -0.470. The Hall–Kier alpha value is -2.18.